The SMILES string of the molecule is C(/C=C/c1ccccc1)=NCCNCCN=C/C=C/c1ccccc1.[Br][Hg][Br]. The molecule has 0 fully saturated rings. The molecule has 3 nitrogen and oxygen atoms in total. The quantitative estimate of drug-likeness (QED) is 0.190. The fourth-order valence-electron chi connectivity index (χ4n) is 2.12. The minimum atomic E-state index is -0.458. The summed E-state index contributed by atoms with van der Waals surface area (Å²) in [6.07, 6.45) is 11.7. The van der Waals surface area contributed by atoms with Gasteiger partial charge in [0.1, 0.15) is 0 Å². The molecule has 0 radical (unpaired) electrons. The summed E-state index contributed by atoms with van der Waals surface area (Å²) >= 11 is 6.11. The fraction of sp³-hybridized carbons (Fsp3) is 0.182. The van der Waals surface area contributed by atoms with Crippen LogP contribution in [0.5, 0.6) is 0 Å². The Morgan fingerprint density at radius 3 is 1.50 bits per heavy atom. The van der Waals surface area contributed by atoms with Crippen LogP contribution in [0.1, 0.15) is 11.1 Å². The monoisotopic (exact) mass is 691 g/mol. The summed E-state index contributed by atoms with van der Waals surface area (Å²) < 4.78 is 0. The molecule has 0 saturated carbocycles. The van der Waals surface area contributed by atoms with E-state index in [1.807, 2.05) is 61.0 Å². The van der Waals surface area contributed by atoms with Crippen molar-refractivity contribution in [2.24, 2.45) is 9.98 Å². The second kappa shape index (κ2) is 19.4. The Balaban J connectivity index is 0.00000122. The third-order valence-electron chi connectivity index (χ3n) is 3.39. The standard InChI is InChI=1S/C22H25N3.2BrH.Hg/c1-3-9-21(10-4-1)13-7-15-23-17-19-25-20-18-24-16-8-14-22-11-5-2-6-12-22;;;/h1-16,25H,17-20H2;2*1H;/q;;;+2/p-2/b13-7+,14-8+,23-15?,24-16?;;;. The molecule has 0 aliphatic rings. The molecule has 0 amide bonds. The van der Waals surface area contributed by atoms with Gasteiger partial charge in [0.05, 0.1) is 13.1 Å². The van der Waals surface area contributed by atoms with Gasteiger partial charge in [-0.05, 0) is 23.3 Å². The number of nitrogens with zero attached hydrogens (tertiary/aromatic N) is 2. The molecule has 0 saturated heterocycles. The summed E-state index contributed by atoms with van der Waals surface area (Å²) in [5, 5.41) is 3.33. The molecule has 1 N–H and O–H groups in total. The van der Waals surface area contributed by atoms with E-state index < -0.39 is 19.7 Å². The Hall–Kier alpha value is -0.885. The average Bonchev–Trinajstić information content (AvgIpc) is 2.73. The van der Waals surface area contributed by atoms with Crippen LogP contribution in [0.4, 0.5) is 0 Å². The molecule has 0 bridgehead atoms. The van der Waals surface area contributed by atoms with Crippen molar-refractivity contribution >= 4 is 48.4 Å². The van der Waals surface area contributed by atoms with E-state index in [0.717, 1.165) is 26.2 Å². The second-order valence-corrected chi connectivity index (χ2v) is 29.3. The van der Waals surface area contributed by atoms with Crippen LogP contribution in [0.2, 0.25) is 0 Å². The molecule has 0 atom stereocenters. The summed E-state index contributed by atoms with van der Waals surface area (Å²) in [5.74, 6) is 0. The zero-order valence-electron chi connectivity index (χ0n) is 15.9. The van der Waals surface area contributed by atoms with Crippen molar-refractivity contribution in [3.63, 3.8) is 0 Å². The molecule has 2 aromatic carbocycles. The van der Waals surface area contributed by atoms with Crippen LogP contribution in [-0.4, -0.2) is 38.6 Å². The van der Waals surface area contributed by atoms with Crippen LogP contribution >= 0.6 is 23.8 Å². The van der Waals surface area contributed by atoms with Crippen molar-refractivity contribution in [1.29, 1.82) is 0 Å². The van der Waals surface area contributed by atoms with Crippen LogP contribution in [0.25, 0.3) is 12.2 Å². The number of hydrogen-bond donors (Lipinski definition) is 1. The number of allylic oxidation sites excluding steroid dienone is 2. The summed E-state index contributed by atoms with van der Waals surface area (Å²) in [7, 11) is 0. The van der Waals surface area contributed by atoms with E-state index in [-0.39, 0.29) is 0 Å². The van der Waals surface area contributed by atoms with E-state index in [0.29, 0.717) is 0 Å². The molecule has 144 valence electrons. The Labute approximate surface area is 192 Å². The van der Waals surface area contributed by atoms with E-state index >= 15 is 0 Å². The molecule has 2 rings (SSSR count). The van der Waals surface area contributed by atoms with Crippen LogP contribution in [0.3, 0.4) is 0 Å². The van der Waals surface area contributed by atoms with E-state index in [9.17, 15) is 0 Å². The topological polar surface area (TPSA) is 36.8 Å². The fourth-order valence-corrected chi connectivity index (χ4v) is 2.12. The molecule has 0 aliphatic heterocycles. The van der Waals surface area contributed by atoms with Gasteiger partial charge in [-0.2, -0.15) is 0 Å². The molecule has 0 heterocycles. The van der Waals surface area contributed by atoms with Crippen molar-refractivity contribution < 1.29 is 19.7 Å². The summed E-state index contributed by atoms with van der Waals surface area (Å²) in [5.41, 5.74) is 2.37. The van der Waals surface area contributed by atoms with Crippen molar-refractivity contribution in [2.45, 2.75) is 0 Å². The van der Waals surface area contributed by atoms with Crippen LogP contribution < -0.4 is 5.32 Å². The summed E-state index contributed by atoms with van der Waals surface area (Å²) in [6.45, 7) is 3.28. The van der Waals surface area contributed by atoms with Crippen molar-refractivity contribution in [3.05, 3.63) is 83.9 Å². The van der Waals surface area contributed by atoms with Crippen molar-refractivity contribution in [2.75, 3.05) is 26.2 Å². The van der Waals surface area contributed by atoms with Gasteiger partial charge >= 0.3 is 43.5 Å². The van der Waals surface area contributed by atoms with E-state index in [2.05, 4.69) is 75.5 Å². The third-order valence-corrected chi connectivity index (χ3v) is 3.39. The van der Waals surface area contributed by atoms with Gasteiger partial charge in [0.25, 0.3) is 0 Å². The van der Waals surface area contributed by atoms with Crippen molar-refractivity contribution in [3.8, 4) is 0 Å². The number of benzene rings is 2. The normalized spacial score (nSPS) is 11.2. The Kier molecular flexibility index (Phi) is 17.5. The Morgan fingerprint density at radius 2 is 1.11 bits per heavy atom. The number of nitrogens with one attached hydrogen (secondary N) is 1. The Morgan fingerprint density at radius 1 is 0.714 bits per heavy atom. The van der Waals surface area contributed by atoms with Gasteiger partial charge in [-0.25, -0.2) is 0 Å². The van der Waals surface area contributed by atoms with Gasteiger partial charge in [0, 0.05) is 25.5 Å². The van der Waals surface area contributed by atoms with E-state index in [1.54, 1.807) is 0 Å². The molecule has 0 spiro atoms. The first-order chi connectivity index (χ1) is 13.9. The maximum absolute atomic E-state index is 4.34. The number of rotatable bonds is 10. The molecular weight excluding hydrogens is 667 g/mol. The molecule has 0 unspecified atom stereocenters. The molecule has 0 aliphatic carbocycles. The predicted octanol–water partition coefficient (Wildman–Crippen LogP) is 5.83. The van der Waals surface area contributed by atoms with Gasteiger partial charge in [-0.1, -0.05) is 72.8 Å². The average molecular weight is 692 g/mol. The van der Waals surface area contributed by atoms with Gasteiger partial charge in [-0.3, -0.25) is 9.98 Å². The second-order valence-electron chi connectivity index (χ2n) is 5.50. The number of halogens is 2. The van der Waals surface area contributed by atoms with Gasteiger partial charge in [-0.15, -0.1) is 0 Å². The molecule has 2 aromatic rings. The summed E-state index contributed by atoms with van der Waals surface area (Å²) in [6, 6.07) is 20.4. The van der Waals surface area contributed by atoms with E-state index in [1.165, 1.54) is 11.1 Å². The van der Waals surface area contributed by atoms with Crippen LogP contribution in [0.15, 0.2) is 82.8 Å². The van der Waals surface area contributed by atoms with Gasteiger partial charge in [0.15, 0.2) is 0 Å². The van der Waals surface area contributed by atoms with Gasteiger partial charge < -0.3 is 5.32 Å². The first-order valence-corrected chi connectivity index (χ1v) is 33.0. The minimum absolute atomic E-state index is 0.458. The molecule has 0 aromatic heterocycles. The first kappa shape index (κ1) is 25.2. The maximum atomic E-state index is 4.34. The van der Waals surface area contributed by atoms with Crippen LogP contribution in [-0.2, 0) is 19.7 Å². The number of hydrogen-bond acceptors (Lipinski definition) is 3. The van der Waals surface area contributed by atoms with Crippen LogP contribution in [0, 0.1) is 0 Å². The van der Waals surface area contributed by atoms with E-state index in [4.69, 9.17) is 0 Å². The summed E-state index contributed by atoms with van der Waals surface area (Å²) in [4.78, 5) is 8.69. The Bertz CT molecular complexity index is 656. The van der Waals surface area contributed by atoms with Crippen molar-refractivity contribution in [1.82, 2.24) is 5.32 Å². The molecule has 6 heteroatoms. The first-order valence-electron chi connectivity index (χ1n) is 9.12. The third kappa shape index (κ3) is 15.1. The zero-order valence-corrected chi connectivity index (χ0v) is 24.6. The predicted molar refractivity (Wildman–Crippen MR) is 128 cm³/mol. The zero-order chi connectivity index (χ0) is 20.1. The molecule has 28 heavy (non-hydrogen) atoms. The molecular formula is C22H25Br2HgN3. The number of aliphatic imine (C=N–C) groups is 2. The van der Waals surface area contributed by atoms with Gasteiger partial charge in [0.2, 0.25) is 0 Å².